The Labute approximate surface area is 142 Å². The van der Waals surface area contributed by atoms with Crippen LogP contribution in [0.3, 0.4) is 0 Å². The molecule has 1 heterocycles. The molecule has 25 heavy (non-hydrogen) atoms. The van der Waals surface area contributed by atoms with E-state index < -0.39 is 11.6 Å². The van der Waals surface area contributed by atoms with E-state index in [4.69, 9.17) is 4.52 Å². The highest BCUT2D eigenvalue weighted by Gasteiger charge is 2.17. The molecule has 0 aliphatic rings. The van der Waals surface area contributed by atoms with Gasteiger partial charge in [-0.1, -0.05) is 11.2 Å². The molecule has 1 aromatic heterocycles. The van der Waals surface area contributed by atoms with Crippen LogP contribution < -0.4 is 0 Å². The smallest absolute Gasteiger partial charge is 0.241 e. The molecule has 3 rings (SSSR count). The molecule has 0 amide bonds. The van der Waals surface area contributed by atoms with E-state index in [1.54, 1.807) is 12.1 Å². The van der Waals surface area contributed by atoms with Gasteiger partial charge in [0, 0.05) is 11.6 Å². The van der Waals surface area contributed by atoms with Crippen molar-refractivity contribution in [2.45, 2.75) is 19.5 Å². The van der Waals surface area contributed by atoms with Crippen molar-refractivity contribution >= 4 is 0 Å². The molecule has 130 valence electrons. The van der Waals surface area contributed by atoms with Crippen LogP contribution in [0.1, 0.15) is 24.4 Å². The SMILES string of the molecule is CC(c1ccc(F)c(F)c1)N(C)Cc1nc(-c2ccc(F)cc2)no1. The summed E-state index contributed by atoms with van der Waals surface area (Å²) in [5, 5.41) is 3.88. The first kappa shape index (κ1) is 17.2. The zero-order valence-electron chi connectivity index (χ0n) is 13.7. The fourth-order valence-electron chi connectivity index (χ4n) is 2.41. The summed E-state index contributed by atoms with van der Waals surface area (Å²) in [7, 11) is 1.81. The lowest BCUT2D eigenvalue weighted by Gasteiger charge is -2.23. The minimum absolute atomic E-state index is 0.184. The molecule has 0 bridgehead atoms. The Morgan fingerprint density at radius 3 is 2.44 bits per heavy atom. The van der Waals surface area contributed by atoms with Gasteiger partial charge in [0.05, 0.1) is 6.54 Å². The first-order valence-corrected chi connectivity index (χ1v) is 7.68. The number of hydrogen-bond acceptors (Lipinski definition) is 4. The van der Waals surface area contributed by atoms with E-state index in [-0.39, 0.29) is 11.9 Å². The fourth-order valence-corrected chi connectivity index (χ4v) is 2.41. The molecule has 7 heteroatoms. The van der Waals surface area contributed by atoms with Crippen LogP contribution in [0, 0.1) is 17.5 Å². The summed E-state index contributed by atoms with van der Waals surface area (Å²) >= 11 is 0. The van der Waals surface area contributed by atoms with Crippen LogP contribution >= 0.6 is 0 Å². The van der Waals surface area contributed by atoms with E-state index in [0.29, 0.717) is 29.4 Å². The van der Waals surface area contributed by atoms with Crippen LogP contribution in [0.5, 0.6) is 0 Å². The molecule has 0 saturated heterocycles. The Kier molecular flexibility index (Phi) is 4.85. The van der Waals surface area contributed by atoms with Crippen LogP contribution in [-0.4, -0.2) is 22.1 Å². The zero-order chi connectivity index (χ0) is 18.0. The van der Waals surface area contributed by atoms with Crippen molar-refractivity contribution in [3.63, 3.8) is 0 Å². The predicted molar refractivity (Wildman–Crippen MR) is 85.9 cm³/mol. The van der Waals surface area contributed by atoms with E-state index in [0.717, 1.165) is 6.07 Å². The lowest BCUT2D eigenvalue weighted by molar-refractivity contribution is 0.216. The molecule has 0 fully saturated rings. The quantitative estimate of drug-likeness (QED) is 0.688. The maximum atomic E-state index is 13.4. The number of benzene rings is 2. The van der Waals surface area contributed by atoms with Crippen molar-refractivity contribution in [1.82, 2.24) is 15.0 Å². The highest BCUT2D eigenvalue weighted by Crippen LogP contribution is 2.23. The third-order valence-electron chi connectivity index (χ3n) is 4.04. The average Bonchev–Trinajstić information content (AvgIpc) is 3.05. The lowest BCUT2D eigenvalue weighted by atomic mass is 10.1. The van der Waals surface area contributed by atoms with Crippen molar-refractivity contribution in [3.05, 3.63) is 71.4 Å². The van der Waals surface area contributed by atoms with Crippen LogP contribution in [0.4, 0.5) is 13.2 Å². The summed E-state index contributed by atoms with van der Waals surface area (Å²) < 4.78 is 44.6. The second-order valence-corrected chi connectivity index (χ2v) is 5.78. The van der Waals surface area contributed by atoms with Crippen LogP contribution in [0.25, 0.3) is 11.4 Å². The van der Waals surface area contributed by atoms with E-state index >= 15 is 0 Å². The van der Waals surface area contributed by atoms with Gasteiger partial charge in [-0.05, 0) is 55.9 Å². The number of rotatable bonds is 5. The van der Waals surface area contributed by atoms with Crippen LogP contribution in [0.15, 0.2) is 47.0 Å². The Morgan fingerprint density at radius 2 is 1.76 bits per heavy atom. The normalized spacial score (nSPS) is 12.6. The summed E-state index contributed by atoms with van der Waals surface area (Å²) in [6.45, 7) is 2.19. The van der Waals surface area contributed by atoms with Crippen molar-refractivity contribution in [2.24, 2.45) is 0 Å². The van der Waals surface area contributed by atoms with Gasteiger partial charge in [-0.15, -0.1) is 0 Å². The minimum Gasteiger partial charge on any atom is -0.338 e. The van der Waals surface area contributed by atoms with Gasteiger partial charge in [-0.25, -0.2) is 13.2 Å². The molecule has 2 aromatic carbocycles. The molecule has 0 radical (unpaired) electrons. The van der Waals surface area contributed by atoms with E-state index in [1.165, 1.54) is 24.3 Å². The van der Waals surface area contributed by atoms with Crippen molar-refractivity contribution in [3.8, 4) is 11.4 Å². The van der Waals surface area contributed by atoms with Gasteiger partial charge in [0.1, 0.15) is 5.82 Å². The monoisotopic (exact) mass is 347 g/mol. The number of halogens is 3. The Balaban J connectivity index is 1.71. The summed E-state index contributed by atoms with van der Waals surface area (Å²) in [4.78, 5) is 6.15. The maximum absolute atomic E-state index is 13.4. The number of hydrogen-bond donors (Lipinski definition) is 0. The first-order valence-electron chi connectivity index (χ1n) is 7.68. The molecule has 3 aromatic rings. The summed E-state index contributed by atoms with van der Waals surface area (Å²) in [6, 6.07) is 9.41. The molecular weight excluding hydrogens is 331 g/mol. The largest absolute Gasteiger partial charge is 0.338 e. The molecule has 1 unspecified atom stereocenters. The number of nitrogens with zero attached hydrogens (tertiary/aromatic N) is 3. The molecule has 1 atom stereocenters. The average molecular weight is 347 g/mol. The van der Waals surface area contributed by atoms with Crippen molar-refractivity contribution in [2.75, 3.05) is 7.05 Å². The summed E-state index contributed by atoms with van der Waals surface area (Å²) in [5.74, 6) is -1.36. The first-order chi connectivity index (χ1) is 11.9. The van der Waals surface area contributed by atoms with Crippen LogP contribution in [0.2, 0.25) is 0 Å². The highest BCUT2D eigenvalue weighted by molar-refractivity contribution is 5.53. The van der Waals surface area contributed by atoms with Gasteiger partial charge in [0.15, 0.2) is 11.6 Å². The topological polar surface area (TPSA) is 42.2 Å². The Bertz CT molecular complexity index is 864. The van der Waals surface area contributed by atoms with Crippen molar-refractivity contribution in [1.29, 1.82) is 0 Å². The third kappa shape index (κ3) is 3.88. The Morgan fingerprint density at radius 1 is 1.04 bits per heavy atom. The molecule has 0 aliphatic heterocycles. The standard InChI is InChI=1S/C18H16F3N3O/c1-11(13-5-8-15(20)16(21)9-13)24(2)10-17-22-18(23-25-17)12-3-6-14(19)7-4-12/h3-9,11H,10H2,1-2H3. The van der Waals surface area contributed by atoms with Gasteiger partial charge in [-0.2, -0.15) is 4.98 Å². The maximum Gasteiger partial charge on any atom is 0.241 e. The molecule has 0 spiro atoms. The molecule has 0 aliphatic carbocycles. The molecule has 0 saturated carbocycles. The van der Waals surface area contributed by atoms with Gasteiger partial charge < -0.3 is 4.52 Å². The van der Waals surface area contributed by atoms with Gasteiger partial charge in [-0.3, -0.25) is 4.90 Å². The zero-order valence-corrected chi connectivity index (χ0v) is 13.7. The van der Waals surface area contributed by atoms with Gasteiger partial charge in [0.25, 0.3) is 0 Å². The second kappa shape index (κ2) is 7.06. The minimum atomic E-state index is -0.880. The van der Waals surface area contributed by atoms with E-state index in [9.17, 15) is 13.2 Å². The molecular formula is C18H16F3N3O. The number of aromatic nitrogens is 2. The van der Waals surface area contributed by atoms with E-state index in [2.05, 4.69) is 10.1 Å². The fraction of sp³-hybridized carbons (Fsp3) is 0.222. The molecule has 0 N–H and O–H groups in total. The molecule has 4 nitrogen and oxygen atoms in total. The van der Waals surface area contributed by atoms with E-state index in [1.807, 2.05) is 18.9 Å². The second-order valence-electron chi connectivity index (χ2n) is 5.78. The predicted octanol–water partition coefficient (Wildman–Crippen LogP) is 4.35. The third-order valence-corrected chi connectivity index (χ3v) is 4.04. The van der Waals surface area contributed by atoms with Gasteiger partial charge >= 0.3 is 0 Å². The lowest BCUT2D eigenvalue weighted by Crippen LogP contribution is -2.22. The van der Waals surface area contributed by atoms with Crippen LogP contribution in [-0.2, 0) is 6.54 Å². The van der Waals surface area contributed by atoms with Crippen molar-refractivity contribution < 1.29 is 17.7 Å². The van der Waals surface area contributed by atoms with Gasteiger partial charge in [0.2, 0.25) is 11.7 Å². The Hall–Kier alpha value is -2.67. The highest BCUT2D eigenvalue weighted by atomic mass is 19.2. The summed E-state index contributed by atoms with van der Waals surface area (Å²) in [6.07, 6.45) is 0. The summed E-state index contributed by atoms with van der Waals surface area (Å²) in [5.41, 5.74) is 1.28.